The highest BCUT2D eigenvalue weighted by molar-refractivity contribution is 7.89. The Morgan fingerprint density at radius 2 is 1.43 bits per heavy atom. The lowest BCUT2D eigenvalue weighted by atomic mass is 9.95. The summed E-state index contributed by atoms with van der Waals surface area (Å²) in [6.45, 7) is 10.9. The van der Waals surface area contributed by atoms with E-state index in [9.17, 15) is 8.42 Å². The van der Waals surface area contributed by atoms with Crippen molar-refractivity contribution in [2.24, 2.45) is 5.73 Å². The molecule has 0 amide bonds. The van der Waals surface area contributed by atoms with Gasteiger partial charge in [0, 0.05) is 19.1 Å². The summed E-state index contributed by atoms with van der Waals surface area (Å²) in [7, 11) is -3.46. The molecule has 1 atom stereocenters. The van der Waals surface area contributed by atoms with Crippen LogP contribution in [0.5, 0.6) is 0 Å². The van der Waals surface area contributed by atoms with Crippen LogP contribution in [0, 0.1) is 34.6 Å². The maximum atomic E-state index is 13.1. The van der Waals surface area contributed by atoms with Gasteiger partial charge >= 0.3 is 0 Å². The first kappa shape index (κ1) is 16.5. The molecule has 1 saturated heterocycles. The van der Waals surface area contributed by atoms with Crippen molar-refractivity contribution in [3.8, 4) is 0 Å². The molecule has 0 aromatic heterocycles. The van der Waals surface area contributed by atoms with E-state index >= 15 is 0 Å². The Kier molecular flexibility index (Phi) is 4.47. The standard InChI is InChI=1S/C16H26N2O2S/c1-10-11(2)13(4)16(14(5)12(10)3)21(19,20)18-8-6-7-15(17)9-18/h15H,6-9,17H2,1-5H3. The van der Waals surface area contributed by atoms with Crippen molar-refractivity contribution in [1.82, 2.24) is 4.31 Å². The van der Waals surface area contributed by atoms with Gasteiger partial charge in [0.15, 0.2) is 0 Å². The monoisotopic (exact) mass is 310 g/mol. The first-order valence-electron chi connectivity index (χ1n) is 7.50. The Hall–Kier alpha value is -0.910. The van der Waals surface area contributed by atoms with E-state index in [4.69, 9.17) is 5.73 Å². The molecule has 0 radical (unpaired) electrons. The second-order valence-corrected chi connectivity index (χ2v) is 8.09. The molecule has 1 unspecified atom stereocenters. The number of hydrogen-bond acceptors (Lipinski definition) is 3. The van der Waals surface area contributed by atoms with Gasteiger partial charge in [-0.1, -0.05) is 0 Å². The number of nitrogens with zero attached hydrogens (tertiary/aromatic N) is 1. The molecule has 5 heteroatoms. The van der Waals surface area contributed by atoms with Crippen LogP contribution >= 0.6 is 0 Å². The van der Waals surface area contributed by atoms with Crippen molar-refractivity contribution < 1.29 is 8.42 Å². The summed E-state index contributed by atoms with van der Waals surface area (Å²) >= 11 is 0. The van der Waals surface area contributed by atoms with Crippen LogP contribution in [0.25, 0.3) is 0 Å². The summed E-state index contributed by atoms with van der Waals surface area (Å²) in [5.41, 5.74) is 11.0. The van der Waals surface area contributed by atoms with Gasteiger partial charge in [0.25, 0.3) is 0 Å². The van der Waals surface area contributed by atoms with Gasteiger partial charge in [0.1, 0.15) is 0 Å². The molecule has 0 saturated carbocycles. The smallest absolute Gasteiger partial charge is 0.243 e. The SMILES string of the molecule is Cc1c(C)c(C)c(S(=O)(=O)N2CCCC(N)C2)c(C)c1C. The molecule has 2 N–H and O–H groups in total. The number of benzene rings is 1. The van der Waals surface area contributed by atoms with E-state index in [0.717, 1.165) is 35.1 Å². The summed E-state index contributed by atoms with van der Waals surface area (Å²) in [5, 5.41) is 0. The van der Waals surface area contributed by atoms with E-state index in [2.05, 4.69) is 6.92 Å². The number of sulfonamides is 1. The van der Waals surface area contributed by atoms with Gasteiger partial charge in [-0.15, -0.1) is 0 Å². The summed E-state index contributed by atoms with van der Waals surface area (Å²) in [6.07, 6.45) is 1.73. The van der Waals surface area contributed by atoms with E-state index in [1.807, 2.05) is 27.7 Å². The Bertz CT molecular complexity index is 636. The van der Waals surface area contributed by atoms with Crippen molar-refractivity contribution in [1.29, 1.82) is 0 Å². The Morgan fingerprint density at radius 1 is 0.952 bits per heavy atom. The molecule has 1 aromatic rings. The van der Waals surface area contributed by atoms with Gasteiger partial charge in [0.2, 0.25) is 10.0 Å². The Morgan fingerprint density at radius 3 is 1.90 bits per heavy atom. The normalized spacial score (nSPS) is 20.8. The molecule has 1 aliphatic rings. The van der Waals surface area contributed by atoms with Gasteiger partial charge in [-0.05, 0) is 75.3 Å². The van der Waals surface area contributed by atoms with Crippen LogP contribution in [-0.4, -0.2) is 31.9 Å². The summed E-state index contributed by atoms with van der Waals surface area (Å²) in [5.74, 6) is 0. The minimum absolute atomic E-state index is 0.0539. The van der Waals surface area contributed by atoms with E-state index < -0.39 is 10.0 Å². The zero-order valence-electron chi connectivity index (χ0n) is 13.7. The molecule has 21 heavy (non-hydrogen) atoms. The van der Waals surface area contributed by atoms with Gasteiger partial charge in [-0.3, -0.25) is 0 Å². The number of rotatable bonds is 2. The summed E-state index contributed by atoms with van der Waals surface area (Å²) in [6, 6.07) is -0.0539. The number of hydrogen-bond donors (Lipinski definition) is 1. The van der Waals surface area contributed by atoms with Crippen molar-refractivity contribution in [2.45, 2.75) is 58.4 Å². The maximum Gasteiger partial charge on any atom is 0.243 e. The van der Waals surface area contributed by atoms with Crippen molar-refractivity contribution >= 4 is 10.0 Å². The van der Waals surface area contributed by atoms with Gasteiger partial charge in [-0.2, -0.15) is 4.31 Å². The lowest BCUT2D eigenvalue weighted by Crippen LogP contribution is -2.46. The lowest BCUT2D eigenvalue weighted by Gasteiger charge is -2.31. The Labute approximate surface area is 128 Å². The molecular weight excluding hydrogens is 284 g/mol. The molecule has 1 aliphatic heterocycles. The van der Waals surface area contributed by atoms with E-state index in [1.54, 1.807) is 4.31 Å². The first-order chi connectivity index (χ1) is 9.67. The van der Waals surface area contributed by atoms with Crippen LogP contribution in [0.3, 0.4) is 0 Å². The molecule has 2 rings (SSSR count). The summed E-state index contributed by atoms with van der Waals surface area (Å²) in [4.78, 5) is 0.484. The maximum absolute atomic E-state index is 13.1. The average molecular weight is 310 g/mol. The van der Waals surface area contributed by atoms with Crippen LogP contribution in [0.1, 0.15) is 40.7 Å². The molecular formula is C16H26N2O2S. The zero-order chi connectivity index (χ0) is 15.9. The molecule has 0 bridgehead atoms. The molecule has 0 spiro atoms. The highest BCUT2D eigenvalue weighted by Crippen LogP contribution is 2.32. The average Bonchev–Trinajstić information content (AvgIpc) is 2.43. The topological polar surface area (TPSA) is 63.4 Å². The number of nitrogens with two attached hydrogens (primary N) is 1. The van der Waals surface area contributed by atoms with Crippen molar-refractivity contribution in [3.63, 3.8) is 0 Å². The molecule has 1 aromatic carbocycles. The van der Waals surface area contributed by atoms with Crippen LogP contribution in [-0.2, 0) is 10.0 Å². The van der Waals surface area contributed by atoms with Crippen molar-refractivity contribution in [2.75, 3.05) is 13.1 Å². The fourth-order valence-electron chi connectivity index (χ4n) is 3.17. The lowest BCUT2D eigenvalue weighted by molar-refractivity contribution is 0.316. The second-order valence-electron chi connectivity index (χ2n) is 6.22. The highest BCUT2D eigenvalue weighted by atomic mass is 32.2. The van der Waals surface area contributed by atoms with E-state index in [0.29, 0.717) is 18.0 Å². The minimum atomic E-state index is -3.46. The fourth-order valence-corrected chi connectivity index (χ4v) is 5.27. The van der Waals surface area contributed by atoms with Gasteiger partial charge in [-0.25, -0.2) is 8.42 Å². The third-order valence-electron chi connectivity index (χ3n) is 4.95. The molecule has 118 valence electrons. The summed E-state index contributed by atoms with van der Waals surface area (Å²) < 4.78 is 27.7. The molecule has 1 fully saturated rings. The molecule has 0 aliphatic carbocycles. The third kappa shape index (κ3) is 2.74. The van der Waals surface area contributed by atoms with Crippen LogP contribution < -0.4 is 5.73 Å². The van der Waals surface area contributed by atoms with E-state index in [1.165, 1.54) is 5.56 Å². The van der Waals surface area contributed by atoms with Crippen LogP contribution in [0.4, 0.5) is 0 Å². The van der Waals surface area contributed by atoms with Gasteiger partial charge < -0.3 is 5.73 Å². The highest BCUT2D eigenvalue weighted by Gasteiger charge is 2.32. The zero-order valence-corrected chi connectivity index (χ0v) is 14.5. The predicted molar refractivity (Wildman–Crippen MR) is 86.1 cm³/mol. The number of piperidine rings is 1. The quantitative estimate of drug-likeness (QED) is 0.912. The molecule has 1 heterocycles. The third-order valence-corrected chi connectivity index (χ3v) is 7.09. The van der Waals surface area contributed by atoms with Crippen LogP contribution in [0.2, 0.25) is 0 Å². The second kappa shape index (κ2) is 5.71. The van der Waals surface area contributed by atoms with Gasteiger partial charge in [0.05, 0.1) is 4.90 Å². The Balaban J connectivity index is 2.60. The fraction of sp³-hybridized carbons (Fsp3) is 0.625. The first-order valence-corrected chi connectivity index (χ1v) is 8.94. The predicted octanol–water partition coefficient (Wildman–Crippen LogP) is 2.34. The van der Waals surface area contributed by atoms with E-state index in [-0.39, 0.29) is 6.04 Å². The largest absolute Gasteiger partial charge is 0.327 e. The minimum Gasteiger partial charge on any atom is -0.327 e. The van der Waals surface area contributed by atoms with Crippen molar-refractivity contribution in [3.05, 3.63) is 27.8 Å². The van der Waals surface area contributed by atoms with Crippen LogP contribution in [0.15, 0.2) is 4.90 Å². The molecule has 4 nitrogen and oxygen atoms in total.